The summed E-state index contributed by atoms with van der Waals surface area (Å²) in [4.78, 5) is 14.1. The maximum absolute atomic E-state index is 12.3. The number of rotatable bonds is 1. The SMILES string of the molecule is CC1CCN(C(=O)c2cccc(Br)c2)CC1N. The van der Waals surface area contributed by atoms with Crippen molar-refractivity contribution in [1.29, 1.82) is 0 Å². The molecule has 1 aliphatic heterocycles. The van der Waals surface area contributed by atoms with E-state index in [2.05, 4.69) is 22.9 Å². The first-order valence-electron chi connectivity index (χ1n) is 5.88. The number of nitrogens with two attached hydrogens (primary N) is 1. The van der Waals surface area contributed by atoms with Gasteiger partial charge in [0.25, 0.3) is 5.91 Å². The molecule has 2 rings (SSSR count). The van der Waals surface area contributed by atoms with Gasteiger partial charge in [0, 0.05) is 29.2 Å². The summed E-state index contributed by atoms with van der Waals surface area (Å²) in [6.07, 6.45) is 0.987. The fourth-order valence-corrected chi connectivity index (χ4v) is 2.49. The molecule has 2 N–H and O–H groups in total. The van der Waals surface area contributed by atoms with E-state index in [1.165, 1.54) is 0 Å². The van der Waals surface area contributed by atoms with Crippen LogP contribution < -0.4 is 5.73 Å². The van der Waals surface area contributed by atoms with Crippen molar-refractivity contribution in [2.24, 2.45) is 11.7 Å². The summed E-state index contributed by atoms with van der Waals surface area (Å²) in [6, 6.07) is 7.59. The molecular weight excluding hydrogens is 280 g/mol. The van der Waals surface area contributed by atoms with Crippen molar-refractivity contribution in [3.05, 3.63) is 34.3 Å². The van der Waals surface area contributed by atoms with E-state index in [0.717, 1.165) is 23.0 Å². The third-order valence-electron chi connectivity index (χ3n) is 3.38. The molecule has 17 heavy (non-hydrogen) atoms. The van der Waals surface area contributed by atoms with Crippen molar-refractivity contribution in [1.82, 2.24) is 4.90 Å². The molecule has 1 aromatic carbocycles. The largest absolute Gasteiger partial charge is 0.337 e. The van der Waals surface area contributed by atoms with Gasteiger partial charge in [0.2, 0.25) is 0 Å². The van der Waals surface area contributed by atoms with Crippen molar-refractivity contribution in [3.63, 3.8) is 0 Å². The Bertz CT molecular complexity index is 422. The van der Waals surface area contributed by atoms with Gasteiger partial charge in [-0.2, -0.15) is 0 Å². The zero-order valence-corrected chi connectivity index (χ0v) is 11.5. The highest BCUT2D eigenvalue weighted by Crippen LogP contribution is 2.19. The Hall–Kier alpha value is -0.870. The van der Waals surface area contributed by atoms with Gasteiger partial charge in [-0.15, -0.1) is 0 Å². The maximum atomic E-state index is 12.3. The molecule has 1 aliphatic rings. The number of nitrogens with zero attached hydrogens (tertiary/aromatic N) is 1. The molecule has 2 atom stereocenters. The van der Waals surface area contributed by atoms with Crippen molar-refractivity contribution >= 4 is 21.8 Å². The molecule has 1 amide bonds. The minimum absolute atomic E-state index is 0.0775. The molecule has 1 saturated heterocycles. The van der Waals surface area contributed by atoms with Gasteiger partial charge in [0.15, 0.2) is 0 Å². The Kier molecular flexibility index (Phi) is 3.84. The van der Waals surface area contributed by atoms with Crippen molar-refractivity contribution in [2.45, 2.75) is 19.4 Å². The van der Waals surface area contributed by atoms with E-state index in [-0.39, 0.29) is 11.9 Å². The molecular formula is C13H17BrN2O. The average molecular weight is 297 g/mol. The maximum Gasteiger partial charge on any atom is 0.253 e. The lowest BCUT2D eigenvalue weighted by Crippen LogP contribution is -2.49. The van der Waals surface area contributed by atoms with Crippen LogP contribution >= 0.6 is 15.9 Å². The minimum Gasteiger partial charge on any atom is -0.337 e. The van der Waals surface area contributed by atoms with Gasteiger partial charge in [-0.25, -0.2) is 0 Å². The van der Waals surface area contributed by atoms with E-state index in [4.69, 9.17) is 5.73 Å². The lowest BCUT2D eigenvalue weighted by Gasteiger charge is -2.35. The lowest BCUT2D eigenvalue weighted by molar-refractivity contribution is 0.0672. The molecule has 1 aromatic rings. The molecule has 1 heterocycles. The molecule has 2 unspecified atom stereocenters. The summed E-state index contributed by atoms with van der Waals surface area (Å²) >= 11 is 3.38. The highest BCUT2D eigenvalue weighted by molar-refractivity contribution is 9.10. The van der Waals surface area contributed by atoms with Crippen molar-refractivity contribution < 1.29 is 4.79 Å². The van der Waals surface area contributed by atoms with E-state index < -0.39 is 0 Å². The second kappa shape index (κ2) is 5.19. The quantitative estimate of drug-likeness (QED) is 0.864. The predicted octanol–water partition coefficient (Wildman–Crippen LogP) is 2.26. The zero-order valence-electron chi connectivity index (χ0n) is 9.90. The Labute approximate surface area is 110 Å². The molecule has 1 fully saturated rings. The van der Waals surface area contributed by atoms with Crippen LogP contribution in [0.3, 0.4) is 0 Å². The highest BCUT2D eigenvalue weighted by Gasteiger charge is 2.26. The first kappa shape index (κ1) is 12.6. The number of halogens is 1. The lowest BCUT2D eigenvalue weighted by atomic mass is 9.94. The number of amides is 1. The normalized spacial score (nSPS) is 24.8. The van der Waals surface area contributed by atoms with Gasteiger partial charge in [0.1, 0.15) is 0 Å². The van der Waals surface area contributed by atoms with Crippen LogP contribution in [0.1, 0.15) is 23.7 Å². The first-order valence-corrected chi connectivity index (χ1v) is 6.67. The van der Waals surface area contributed by atoms with Crippen LogP contribution in [-0.2, 0) is 0 Å². The molecule has 0 bridgehead atoms. The molecule has 4 heteroatoms. The number of carbonyl (C=O) groups excluding carboxylic acids is 1. The smallest absolute Gasteiger partial charge is 0.253 e. The summed E-state index contributed by atoms with van der Waals surface area (Å²) in [5.74, 6) is 0.579. The Morgan fingerprint density at radius 1 is 1.53 bits per heavy atom. The summed E-state index contributed by atoms with van der Waals surface area (Å²) in [5.41, 5.74) is 6.73. The predicted molar refractivity (Wildman–Crippen MR) is 71.8 cm³/mol. The van der Waals surface area contributed by atoms with Crippen molar-refractivity contribution in [2.75, 3.05) is 13.1 Å². The molecule has 0 aliphatic carbocycles. The average Bonchev–Trinajstić information content (AvgIpc) is 2.32. The summed E-state index contributed by atoms with van der Waals surface area (Å²) in [5, 5.41) is 0. The van der Waals surface area contributed by atoms with Gasteiger partial charge < -0.3 is 10.6 Å². The van der Waals surface area contributed by atoms with E-state index in [0.29, 0.717) is 12.5 Å². The van der Waals surface area contributed by atoms with E-state index >= 15 is 0 Å². The van der Waals surface area contributed by atoms with Crippen LogP contribution in [0.2, 0.25) is 0 Å². The Morgan fingerprint density at radius 2 is 2.29 bits per heavy atom. The first-order chi connectivity index (χ1) is 8.08. The second-order valence-corrected chi connectivity index (χ2v) is 5.61. The number of hydrogen-bond acceptors (Lipinski definition) is 2. The standard InChI is InChI=1S/C13H17BrN2O/c1-9-5-6-16(8-12(9)15)13(17)10-3-2-4-11(14)7-10/h2-4,7,9,12H,5-6,8,15H2,1H3. The molecule has 0 saturated carbocycles. The van der Waals surface area contributed by atoms with Crippen LogP contribution in [0, 0.1) is 5.92 Å². The minimum atomic E-state index is 0.0775. The summed E-state index contributed by atoms with van der Waals surface area (Å²) in [7, 11) is 0. The van der Waals surface area contributed by atoms with Gasteiger partial charge in [-0.1, -0.05) is 28.9 Å². The topological polar surface area (TPSA) is 46.3 Å². The Balaban J connectivity index is 2.10. The number of carbonyl (C=O) groups is 1. The zero-order chi connectivity index (χ0) is 12.4. The number of hydrogen-bond donors (Lipinski definition) is 1. The van der Waals surface area contributed by atoms with Gasteiger partial charge in [-0.3, -0.25) is 4.79 Å². The van der Waals surface area contributed by atoms with Crippen LogP contribution in [0.4, 0.5) is 0 Å². The van der Waals surface area contributed by atoms with E-state index in [9.17, 15) is 4.79 Å². The van der Waals surface area contributed by atoms with Gasteiger partial charge in [0.05, 0.1) is 0 Å². The fraction of sp³-hybridized carbons (Fsp3) is 0.462. The molecule has 0 spiro atoms. The molecule has 0 radical (unpaired) electrons. The summed E-state index contributed by atoms with van der Waals surface area (Å²) in [6.45, 7) is 3.61. The third-order valence-corrected chi connectivity index (χ3v) is 3.87. The molecule has 92 valence electrons. The number of likely N-dealkylation sites (tertiary alicyclic amines) is 1. The molecule has 0 aromatic heterocycles. The van der Waals surface area contributed by atoms with Crippen LogP contribution in [0.15, 0.2) is 28.7 Å². The number of piperidine rings is 1. The highest BCUT2D eigenvalue weighted by atomic mass is 79.9. The Morgan fingerprint density at radius 3 is 2.94 bits per heavy atom. The second-order valence-electron chi connectivity index (χ2n) is 4.69. The fourth-order valence-electron chi connectivity index (χ4n) is 2.09. The van der Waals surface area contributed by atoms with Gasteiger partial charge in [-0.05, 0) is 30.5 Å². The monoisotopic (exact) mass is 296 g/mol. The number of benzene rings is 1. The van der Waals surface area contributed by atoms with Crippen LogP contribution in [0.25, 0.3) is 0 Å². The van der Waals surface area contributed by atoms with Crippen LogP contribution in [-0.4, -0.2) is 29.9 Å². The summed E-state index contributed by atoms with van der Waals surface area (Å²) < 4.78 is 0.929. The third kappa shape index (κ3) is 2.87. The van der Waals surface area contributed by atoms with E-state index in [1.807, 2.05) is 29.2 Å². The van der Waals surface area contributed by atoms with Gasteiger partial charge >= 0.3 is 0 Å². The van der Waals surface area contributed by atoms with E-state index in [1.54, 1.807) is 0 Å². The van der Waals surface area contributed by atoms with Crippen molar-refractivity contribution in [3.8, 4) is 0 Å². The van der Waals surface area contributed by atoms with Crippen LogP contribution in [0.5, 0.6) is 0 Å². The molecule has 3 nitrogen and oxygen atoms in total.